The minimum Gasteiger partial charge on any atom is -0.480 e. The van der Waals surface area contributed by atoms with E-state index in [2.05, 4.69) is 5.10 Å². The molecule has 13 heavy (non-hydrogen) atoms. The van der Waals surface area contributed by atoms with Crippen LogP contribution in [0, 0.1) is 13.8 Å². The Kier molecular flexibility index (Phi) is 2.46. The Morgan fingerprint density at radius 2 is 2.23 bits per heavy atom. The maximum atomic E-state index is 11.2. The number of rotatable bonds is 2. The Morgan fingerprint density at radius 1 is 1.62 bits per heavy atom. The number of aliphatic carboxylic acids is 1. The molecule has 0 fully saturated rings. The van der Waals surface area contributed by atoms with E-state index >= 15 is 0 Å². The van der Waals surface area contributed by atoms with E-state index in [1.165, 1.54) is 6.07 Å². The highest BCUT2D eigenvalue weighted by molar-refractivity contribution is 5.66. The van der Waals surface area contributed by atoms with Gasteiger partial charge in [-0.2, -0.15) is 5.10 Å². The van der Waals surface area contributed by atoms with Crippen LogP contribution >= 0.6 is 0 Å². The van der Waals surface area contributed by atoms with Gasteiger partial charge in [0.25, 0.3) is 5.56 Å². The fourth-order valence-electron chi connectivity index (χ4n) is 0.915. The van der Waals surface area contributed by atoms with Gasteiger partial charge in [0.15, 0.2) is 0 Å². The second kappa shape index (κ2) is 3.38. The standard InChI is InChI=1S/C8H10N2O3/c1-5-3-7(11)10(4-8(12)13)9-6(5)2/h3H,4H2,1-2H3,(H,12,13). The quantitative estimate of drug-likeness (QED) is 0.695. The molecule has 0 spiro atoms. The zero-order valence-electron chi connectivity index (χ0n) is 7.44. The van der Waals surface area contributed by atoms with Crippen LogP contribution in [0.4, 0.5) is 0 Å². The van der Waals surface area contributed by atoms with Crippen LogP contribution in [0.5, 0.6) is 0 Å². The predicted octanol–water partition coefficient (Wildman–Crippen LogP) is -0.0553. The van der Waals surface area contributed by atoms with Crippen molar-refractivity contribution in [3.05, 3.63) is 27.7 Å². The minimum atomic E-state index is -1.07. The number of aromatic nitrogens is 2. The zero-order chi connectivity index (χ0) is 10.0. The van der Waals surface area contributed by atoms with E-state index in [0.717, 1.165) is 10.2 Å². The summed E-state index contributed by atoms with van der Waals surface area (Å²) in [5, 5.41) is 12.3. The maximum Gasteiger partial charge on any atom is 0.325 e. The minimum absolute atomic E-state index is 0.384. The fraction of sp³-hybridized carbons (Fsp3) is 0.375. The Balaban J connectivity index is 3.16. The molecule has 0 radical (unpaired) electrons. The first-order valence-corrected chi connectivity index (χ1v) is 3.78. The SMILES string of the molecule is Cc1cc(=O)n(CC(=O)O)nc1C. The first kappa shape index (κ1) is 9.44. The topological polar surface area (TPSA) is 72.2 Å². The van der Waals surface area contributed by atoms with Crippen molar-refractivity contribution in [3.8, 4) is 0 Å². The molecule has 0 bridgehead atoms. The van der Waals surface area contributed by atoms with Crippen molar-refractivity contribution in [3.63, 3.8) is 0 Å². The van der Waals surface area contributed by atoms with Gasteiger partial charge in [0.05, 0.1) is 5.69 Å². The van der Waals surface area contributed by atoms with E-state index in [1.807, 2.05) is 0 Å². The van der Waals surface area contributed by atoms with Gasteiger partial charge in [-0.3, -0.25) is 9.59 Å². The molecule has 0 aromatic carbocycles. The van der Waals surface area contributed by atoms with Crippen molar-refractivity contribution < 1.29 is 9.90 Å². The third-order valence-corrected chi connectivity index (χ3v) is 1.72. The Hall–Kier alpha value is -1.65. The van der Waals surface area contributed by atoms with Crippen LogP contribution in [-0.4, -0.2) is 20.9 Å². The molecule has 5 nitrogen and oxygen atoms in total. The molecule has 1 aromatic rings. The van der Waals surface area contributed by atoms with Crippen LogP contribution in [-0.2, 0) is 11.3 Å². The van der Waals surface area contributed by atoms with E-state index < -0.39 is 5.97 Å². The lowest BCUT2D eigenvalue weighted by atomic mass is 10.2. The third-order valence-electron chi connectivity index (χ3n) is 1.72. The molecule has 0 aliphatic heterocycles. The molecule has 0 atom stereocenters. The summed E-state index contributed by atoms with van der Waals surface area (Å²) in [5.41, 5.74) is 1.05. The van der Waals surface area contributed by atoms with E-state index in [-0.39, 0.29) is 12.1 Å². The number of aryl methyl sites for hydroxylation is 2. The van der Waals surface area contributed by atoms with Gasteiger partial charge in [0.2, 0.25) is 0 Å². The summed E-state index contributed by atoms with van der Waals surface area (Å²) < 4.78 is 0.935. The Labute approximate surface area is 74.6 Å². The van der Waals surface area contributed by atoms with E-state index in [4.69, 9.17) is 5.11 Å². The van der Waals surface area contributed by atoms with Crippen molar-refractivity contribution in [2.45, 2.75) is 20.4 Å². The second-order valence-electron chi connectivity index (χ2n) is 2.80. The molecular weight excluding hydrogens is 172 g/mol. The first-order chi connectivity index (χ1) is 6.00. The van der Waals surface area contributed by atoms with Crippen LogP contribution < -0.4 is 5.56 Å². The number of nitrogens with zero attached hydrogens (tertiary/aromatic N) is 2. The molecule has 0 unspecified atom stereocenters. The average molecular weight is 182 g/mol. The van der Waals surface area contributed by atoms with Gasteiger partial charge in [0.1, 0.15) is 6.54 Å². The van der Waals surface area contributed by atoms with Crippen molar-refractivity contribution in [1.82, 2.24) is 9.78 Å². The molecule has 1 heterocycles. The molecule has 0 saturated carbocycles. The highest BCUT2D eigenvalue weighted by Gasteiger charge is 2.04. The van der Waals surface area contributed by atoms with E-state index in [9.17, 15) is 9.59 Å². The zero-order valence-corrected chi connectivity index (χ0v) is 7.44. The largest absolute Gasteiger partial charge is 0.480 e. The lowest BCUT2D eigenvalue weighted by Crippen LogP contribution is -2.27. The fourth-order valence-corrected chi connectivity index (χ4v) is 0.915. The highest BCUT2D eigenvalue weighted by atomic mass is 16.4. The summed E-state index contributed by atoms with van der Waals surface area (Å²) in [6.45, 7) is 3.10. The molecule has 1 N–H and O–H groups in total. The molecule has 1 rings (SSSR count). The van der Waals surface area contributed by atoms with Gasteiger partial charge in [-0.05, 0) is 19.4 Å². The van der Waals surface area contributed by atoms with Crippen molar-refractivity contribution in [1.29, 1.82) is 0 Å². The summed E-state index contributed by atoms with van der Waals surface area (Å²) in [6, 6.07) is 1.38. The normalized spacial score (nSPS) is 10.0. The molecule has 70 valence electrons. The van der Waals surface area contributed by atoms with Gasteiger partial charge in [-0.25, -0.2) is 4.68 Å². The molecule has 1 aromatic heterocycles. The number of carboxylic acid groups (broad SMARTS) is 1. The molecule has 5 heteroatoms. The lowest BCUT2D eigenvalue weighted by molar-refractivity contribution is -0.138. The van der Waals surface area contributed by atoms with Crippen LogP contribution in [0.2, 0.25) is 0 Å². The molecular formula is C8H10N2O3. The molecule has 0 saturated heterocycles. The summed E-state index contributed by atoms with van der Waals surface area (Å²) >= 11 is 0. The van der Waals surface area contributed by atoms with Crippen LogP contribution in [0.15, 0.2) is 10.9 Å². The Morgan fingerprint density at radius 3 is 2.77 bits per heavy atom. The van der Waals surface area contributed by atoms with Crippen molar-refractivity contribution in [2.24, 2.45) is 0 Å². The first-order valence-electron chi connectivity index (χ1n) is 3.78. The molecule has 0 aliphatic carbocycles. The van der Waals surface area contributed by atoms with Gasteiger partial charge >= 0.3 is 5.97 Å². The number of hydrogen-bond donors (Lipinski definition) is 1. The van der Waals surface area contributed by atoms with Crippen LogP contribution in [0.25, 0.3) is 0 Å². The number of carboxylic acids is 1. The molecule has 0 aliphatic rings. The van der Waals surface area contributed by atoms with E-state index in [1.54, 1.807) is 13.8 Å². The molecule has 0 amide bonds. The summed E-state index contributed by atoms with van der Waals surface area (Å²) in [5.74, 6) is -1.07. The monoisotopic (exact) mass is 182 g/mol. The maximum absolute atomic E-state index is 11.2. The summed E-state index contributed by atoms with van der Waals surface area (Å²) in [4.78, 5) is 21.5. The summed E-state index contributed by atoms with van der Waals surface area (Å²) in [6.07, 6.45) is 0. The van der Waals surface area contributed by atoms with Crippen molar-refractivity contribution >= 4 is 5.97 Å². The number of hydrogen-bond acceptors (Lipinski definition) is 3. The van der Waals surface area contributed by atoms with Crippen LogP contribution in [0.3, 0.4) is 0 Å². The van der Waals surface area contributed by atoms with Crippen LogP contribution in [0.1, 0.15) is 11.3 Å². The number of carbonyl (C=O) groups is 1. The average Bonchev–Trinajstić information content (AvgIpc) is 1.99. The summed E-state index contributed by atoms with van der Waals surface area (Å²) in [7, 11) is 0. The second-order valence-corrected chi connectivity index (χ2v) is 2.80. The highest BCUT2D eigenvalue weighted by Crippen LogP contribution is 1.96. The van der Waals surface area contributed by atoms with Gasteiger partial charge in [-0.1, -0.05) is 0 Å². The third kappa shape index (κ3) is 2.14. The predicted molar refractivity (Wildman–Crippen MR) is 45.6 cm³/mol. The van der Waals surface area contributed by atoms with Crippen molar-refractivity contribution in [2.75, 3.05) is 0 Å². The van der Waals surface area contributed by atoms with Gasteiger partial charge < -0.3 is 5.11 Å². The van der Waals surface area contributed by atoms with Gasteiger partial charge in [-0.15, -0.1) is 0 Å². The van der Waals surface area contributed by atoms with Gasteiger partial charge in [0, 0.05) is 6.07 Å². The lowest BCUT2D eigenvalue weighted by Gasteiger charge is -2.03. The Bertz CT molecular complexity index is 395. The smallest absolute Gasteiger partial charge is 0.325 e. The van der Waals surface area contributed by atoms with E-state index in [0.29, 0.717) is 5.69 Å².